The van der Waals surface area contributed by atoms with Gasteiger partial charge in [0.1, 0.15) is 11.6 Å². The Morgan fingerprint density at radius 3 is 2.91 bits per heavy atom. The molecule has 1 amide bonds. The van der Waals surface area contributed by atoms with Crippen molar-refractivity contribution in [3.8, 4) is 0 Å². The van der Waals surface area contributed by atoms with Gasteiger partial charge in [0.2, 0.25) is 5.91 Å². The molecule has 0 atom stereocenters. The maximum Gasteiger partial charge on any atom is 0.240 e. The smallest absolute Gasteiger partial charge is 0.240 e. The van der Waals surface area contributed by atoms with Gasteiger partial charge in [-0.3, -0.25) is 4.79 Å². The van der Waals surface area contributed by atoms with Gasteiger partial charge >= 0.3 is 0 Å². The monoisotopic (exact) mass is 337 g/mol. The van der Waals surface area contributed by atoms with Gasteiger partial charge in [0, 0.05) is 23.6 Å². The zero-order valence-electron chi connectivity index (χ0n) is 12.4. The maximum atomic E-state index is 13.6. The van der Waals surface area contributed by atoms with Crippen molar-refractivity contribution in [3.05, 3.63) is 46.5 Å². The lowest BCUT2D eigenvalue weighted by Crippen LogP contribution is -2.29. The molecule has 1 fully saturated rings. The van der Waals surface area contributed by atoms with Gasteiger partial charge in [-0.25, -0.2) is 13.8 Å². The van der Waals surface area contributed by atoms with Crippen molar-refractivity contribution in [2.45, 2.75) is 19.3 Å². The molecule has 1 saturated carbocycles. The van der Waals surface area contributed by atoms with Gasteiger partial charge in [-0.1, -0.05) is 6.07 Å². The number of halogens is 2. The summed E-state index contributed by atoms with van der Waals surface area (Å²) in [5.41, 5.74) is 0.402. The van der Waals surface area contributed by atoms with Crippen molar-refractivity contribution in [2.24, 2.45) is 5.92 Å². The van der Waals surface area contributed by atoms with Crippen molar-refractivity contribution < 1.29 is 13.6 Å². The molecule has 0 unspecified atom stereocenters. The van der Waals surface area contributed by atoms with E-state index in [0.29, 0.717) is 17.1 Å². The number of benzene rings is 1. The molecule has 0 spiro atoms. The summed E-state index contributed by atoms with van der Waals surface area (Å²) in [6.07, 6.45) is 4.40. The minimum Gasteiger partial charge on any atom is -0.308 e. The van der Waals surface area contributed by atoms with Crippen LogP contribution in [0, 0.1) is 17.6 Å². The SMILES string of the molecule is O=C(CNCC1CC1)Nc1ncc(Cc2ccc(F)cc2F)s1. The molecule has 1 aliphatic rings. The minimum absolute atomic E-state index is 0.139. The summed E-state index contributed by atoms with van der Waals surface area (Å²) in [6.45, 7) is 1.14. The Morgan fingerprint density at radius 1 is 1.35 bits per heavy atom. The van der Waals surface area contributed by atoms with Crippen LogP contribution in [0.3, 0.4) is 0 Å². The van der Waals surface area contributed by atoms with E-state index in [2.05, 4.69) is 15.6 Å². The summed E-state index contributed by atoms with van der Waals surface area (Å²) in [4.78, 5) is 16.7. The van der Waals surface area contributed by atoms with Gasteiger partial charge in [-0.05, 0) is 36.9 Å². The quantitative estimate of drug-likeness (QED) is 0.817. The highest BCUT2D eigenvalue weighted by atomic mass is 32.1. The third-order valence-electron chi connectivity index (χ3n) is 3.60. The number of carbonyl (C=O) groups is 1. The van der Waals surface area contributed by atoms with Crippen LogP contribution < -0.4 is 10.6 Å². The largest absolute Gasteiger partial charge is 0.308 e. The first-order chi connectivity index (χ1) is 11.1. The molecular weight excluding hydrogens is 320 g/mol. The first-order valence-corrected chi connectivity index (χ1v) is 8.31. The van der Waals surface area contributed by atoms with Crippen LogP contribution >= 0.6 is 11.3 Å². The molecule has 1 aliphatic carbocycles. The zero-order valence-corrected chi connectivity index (χ0v) is 13.3. The summed E-state index contributed by atoms with van der Waals surface area (Å²) in [5, 5.41) is 6.31. The molecule has 7 heteroatoms. The number of nitrogens with one attached hydrogen (secondary N) is 2. The summed E-state index contributed by atoms with van der Waals surface area (Å²) < 4.78 is 26.5. The van der Waals surface area contributed by atoms with Crippen LogP contribution in [0.5, 0.6) is 0 Å². The molecule has 1 heterocycles. The lowest BCUT2D eigenvalue weighted by atomic mass is 10.1. The Bertz CT molecular complexity index is 700. The lowest BCUT2D eigenvalue weighted by Gasteiger charge is -2.03. The standard InChI is InChI=1S/C16H17F2N3OS/c17-12-4-3-11(14(18)6-12)5-13-8-20-16(23-13)21-15(22)9-19-7-10-1-2-10/h3-4,6,8,10,19H,1-2,5,7,9H2,(H,20,21,22). The zero-order chi connectivity index (χ0) is 16.2. The van der Waals surface area contributed by atoms with Crippen molar-refractivity contribution in [2.75, 3.05) is 18.4 Å². The van der Waals surface area contributed by atoms with Crippen molar-refractivity contribution in [3.63, 3.8) is 0 Å². The fraction of sp³-hybridized carbons (Fsp3) is 0.375. The second-order valence-electron chi connectivity index (χ2n) is 5.67. The first-order valence-electron chi connectivity index (χ1n) is 7.49. The van der Waals surface area contributed by atoms with Crippen LogP contribution in [0.15, 0.2) is 24.4 Å². The number of anilines is 1. The Hall–Kier alpha value is -1.86. The molecule has 0 aliphatic heterocycles. The van der Waals surface area contributed by atoms with Gasteiger partial charge < -0.3 is 10.6 Å². The molecular formula is C16H17F2N3OS. The number of rotatable bonds is 7. The molecule has 0 saturated heterocycles. The average molecular weight is 337 g/mol. The van der Waals surface area contributed by atoms with Gasteiger partial charge in [-0.15, -0.1) is 11.3 Å². The van der Waals surface area contributed by atoms with E-state index in [1.54, 1.807) is 6.20 Å². The lowest BCUT2D eigenvalue weighted by molar-refractivity contribution is -0.115. The van der Waals surface area contributed by atoms with E-state index in [-0.39, 0.29) is 12.5 Å². The molecule has 3 rings (SSSR count). The van der Waals surface area contributed by atoms with Crippen LogP contribution in [0.4, 0.5) is 13.9 Å². The third kappa shape index (κ3) is 4.80. The second kappa shape index (κ2) is 7.14. The van der Waals surface area contributed by atoms with E-state index in [4.69, 9.17) is 0 Å². The number of hydrogen-bond donors (Lipinski definition) is 2. The maximum absolute atomic E-state index is 13.6. The Balaban J connectivity index is 1.51. The molecule has 1 aromatic heterocycles. The number of thiazole rings is 1. The molecule has 23 heavy (non-hydrogen) atoms. The predicted octanol–water partition coefficient (Wildman–Crippen LogP) is 2.95. The van der Waals surface area contributed by atoms with Crippen LogP contribution in [-0.2, 0) is 11.2 Å². The van der Waals surface area contributed by atoms with Gasteiger partial charge in [0.15, 0.2) is 5.13 Å². The van der Waals surface area contributed by atoms with E-state index < -0.39 is 11.6 Å². The third-order valence-corrected chi connectivity index (χ3v) is 4.51. The van der Waals surface area contributed by atoms with E-state index in [1.807, 2.05) is 0 Å². The number of aromatic nitrogens is 1. The van der Waals surface area contributed by atoms with Gasteiger partial charge in [0.25, 0.3) is 0 Å². The van der Waals surface area contributed by atoms with E-state index in [0.717, 1.165) is 23.4 Å². The van der Waals surface area contributed by atoms with E-state index in [1.165, 1.54) is 36.3 Å². The van der Waals surface area contributed by atoms with Crippen LogP contribution in [-0.4, -0.2) is 24.0 Å². The molecule has 2 aromatic rings. The van der Waals surface area contributed by atoms with Crippen LogP contribution in [0.2, 0.25) is 0 Å². The Kier molecular flexibility index (Phi) is 4.97. The van der Waals surface area contributed by atoms with Crippen LogP contribution in [0.1, 0.15) is 23.3 Å². The molecule has 1 aromatic carbocycles. The number of carbonyl (C=O) groups excluding carboxylic acids is 1. The summed E-state index contributed by atoms with van der Waals surface area (Å²) >= 11 is 1.29. The normalized spacial score (nSPS) is 14.0. The summed E-state index contributed by atoms with van der Waals surface area (Å²) in [6, 6.07) is 3.52. The number of hydrogen-bond acceptors (Lipinski definition) is 4. The molecule has 0 bridgehead atoms. The first kappa shape index (κ1) is 16.0. The predicted molar refractivity (Wildman–Crippen MR) is 85.5 cm³/mol. The number of nitrogens with zero attached hydrogens (tertiary/aromatic N) is 1. The average Bonchev–Trinajstić information content (AvgIpc) is 3.22. The van der Waals surface area contributed by atoms with Gasteiger partial charge in [-0.2, -0.15) is 0 Å². The molecule has 4 nitrogen and oxygen atoms in total. The van der Waals surface area contributed by atoms with E-state index >= 15 is 0 Å². The Morgan fingerprint density at radius 2 is 2.17 bits per heavy atom. The van der Waals surface area contributed by atoms with E-state index in [9.17, 15) is 13.6 Å². The van der Waals surface area contributed by atoms with Gasteiger partial charge in [0.05, 0.1) is 6.54 Å². The Labute approximate surface area is 136 Å². The summed E-state index contributed by atoms with van der Waals surface area (Å²) in [5.74, 6) is -0.588. The fourth-order valence-corrected chi connectivity index (χ4v) is 3.03. The highest BCUT2D eigenvalue weighted by Crippen LogP contribution is 2.27. The minimum atomic E-state index is -0.595. The second-order valence-corrected chi connectivity index (χ2v) is 6.78. The highest BCUT2D eigenvalue weighted by Gasteiger charge is 2.20. The summed E-state index contributed by atoms with van der Waals surface area (Å²) in [7, 11) is 0. The fourth-order valence-electron chi connectivity index (χ4n) is 2.18. The topological polar surface area (TPSA) is 54.0 Å². The molecule has 0 radical (unpaired) electrons. The molecule has 2 N–H and O–H groups in total. The van der Waals surface area contributed by atoms with Crippen molar-refractivity contribution in [1.82, 2.24) is 10.3 Å². The van der Waals surface area contributed by atoms with Crippen molar-refractivity contribution in [1.29, 1.82) is 0 Å². The number of amides is 1. The highest BCUT2D eigenvalue weighted by molar-refractivity contribution is 7.15. The van der Waals surface area contributed by atoms with Crippen molar-refractivity contribution >= 4 is 22.4 Å². The van der Waals surface area contributed by atoms with Crippen LogP contribution in [0.25, 0.3) is 0 Å². The molecule has 122 valence electrons.